The lowest BCUT2D eigenvalue weighted by molar-refractivity contribution is 0.111. The Kier molecular flexibility index (Phi) is 4.26. The standard InChI is InChI=1S/C14H28N2/c1-3-11-4-8-13(9-5-11)16(2)14(10-15)12-6-7-12/h11-14H,3-10,15H2,1-2H3. The molecule has 0 saturated heterocycles. The molecular formula is C14H28N2. The maximum absolute atomic E-state index is 5.93. The summed E-state index contributed by atoms with van der Waals surface area (Å²) < 4.78 is 0. The van der Waals surface area contributed by atoms with Crippen molar-refractivity contribution in [2.45, 2.75) is 64.0 Å². The van der Waals surface area contributed by atoms with Crippen LogP contribution in [0.5, 0.6) is 0 Å². The average molecular weight is 224 g/mol. The summed E-state index contributed by atoms with van der Waals surface area (Å²) in [5.41, 5.74) is 5.93. The van der Waals surface area contributed by atoms with E-state index in [9.17, 15) is 0 Å². The molecule has 0 heterocycles. The first kappa shape index (κ1) is 12.4. The van der Waals surface area contributed by atoms with E-state index < -0.39 is 0 Å². The predicted molar refractivity (Wildman–Crippen MR) is 69.4 cm³/mol. The van der Waals surface area contributed by atoms with E-state index in [2.05, 4.69) is 18.9 Å². The SMILES string of the molecule is CCC1CCC(N(C)C(CN)C2CC2)CC1. The van der Waals surface area contributed by atoms with E-state index in [1.54, 1.807) is 0 Å². The highest BCUT2D eigenvalue weighted by Crippen LogP contribution is 2.37. The van der Waals surface area contributed by atoms with Crippen LogP contribution in [0, 0.1) is 11.8 Å². The molecule has 94 valence electrons. The van der Waals surface area contributed by atoms with E-state index in [0.29, 0.717) is 6.04 Å². The van der Waals surface area contributed by atoms with Crippen LogP contribution in [-0.4, -0.2) is 30.6 Å². The number of nitrogens with zero attached hydrogens (tertiary/aromatic N) is 1. The Morgan fingerprint density at radius 3 is 2.19 bits per heavy atom. The van der Waals surface area contributed by atoms with Crippen LogP contribution < -0.4 is 5.73 Å². The zero-order chi connectivity index (χ0) is 11.5. The molecule has 16 heavy (non-hydrogen) atoms. The summed E-state index contributed by atoms with van der Waals surface area (Å²) in [5, 5.41) is 0. The van der Waals surface area contributed by atoms with E-state index >= 15 is 0 Å². The van der Waals surface area contributed by atoms with Gasteiger partial charge in [-0.1, -0.05) is 13.3 Å². The number of likely N-dealkylation sites (N-methyl/N-ethyl adjacent to an activating group) is 1. The van der Waals surface area contributed by atoms with Crippen LogP contribution >= 0.6 is 0 Å². The van der Waals surface area contributed by atoms with Crippen LogP contribution in [0.1, 0.15) is 51.9 Å². The molecule has 1 atom stereocenters. The second kappa shape index (κ2) is 5.50. The van der Waals surface area contributed by atoms with Crippen LogP contribution in [0.25, 0.3) is 0 Å². The van der Waals surface area contributed by atoms with Gasteiger partial charge in [0.2, 0.25) is 0 Å². The van der Waals surface area contributed by atoms with Crippen molar-refractivity contribution < 1.29 is 0 Å². The van der Waals surface area contributed by atoms with Gasteiger partial charge in [-0.25, -0.2) is 0 Å². The van der Waals surface area contributed by atoms with Crippen LogP contribution in [0.4, 0.5) is 0 Å². The zero-order valence-electron chi connectivity index (χ0n) is 11.0. The fourth-order valence-corrected chi connectivity index (χ4v) is 3.40. The van der Waals surface area contributed by atoms with Crippen molar-refractivity contribution in [2.75, 3.05) is 13.6 Å². The molecule has 2 saturated carbocycles. The van der Waals surface area contributed by atoms with E-state index in [4.69, 9.17) is 5.73 Å². The molecular weight excluding hydrogens is 196 g/mol. The molecule has 0 bridgehead atoms. The van der Waals surface area contributed by atoms with Gasteiger partial charge in [-0.05, 0) is 57.4 Å². The molecule has 0 aromatic carbocycles. The summed E-state index contributed by atoms with van der Waals surface area (Å²) >= 11 is 0. The van der Waals surface area contributed by atoms with Gasteiger partial charge in [-0.2, -0.15) is 0 Å². The quantitative estimate of drug-likeness (QED) is 0.778. The summed E-state index contributed by atoms with van der Waals surface area (Å²) in [5.74, 6) is 1.92. The summed E-state index contributed by atoms with van der Waals surface area (Å²) in [6.45, 7) is 3.19. The van der Waals surface area contributed by atoms with Gasteiger partial charge in [0.1, 0.15) is 0 Å². The van der Waals surface area contributed by atoms with E-state index in [1.165, 1.54) is 44.9 Å². The molecule has 1 unspecified atom stereocenters. The summed E-state index contributed by atoms with van der Waals surface area (Å²) in [7, 11) is 2.31. The highest BCUT2D eigenvalue weighted by molar-refractivity contribution is 4.91. The van der Waals surface area contributed by atoms with Gasteiger partial charge in [0, 0.05) is 18.6 Å². The van der Waals surface area contributed by atoms with E-state index in [0.717, 1.165) is 24.4 Å². The molecule has 2 nitrogen and oxygen atoms in total. The Bertz CT molecular complexity index is 205. The van der Waals surface area contributed by atoms with Crippen molar-refractivity contribution in [2.24, 2.45) is 17.6 Å². The van der Waals surface area contributed by atoms with Gasteiger partial charge in [0.25, 0.3) is 0 Å². The second-order valence-corrected chi connectivity index (χ2v) is 5.89. The minimum atomic E-state index is 0.670. The summed E-state index contributed by atoms with van der Waals surface area (Å²) in [4.78, 5) is 2.61. The molecule has 0 radical (unpaired) electrons. The smallest absolute Gasteiger partial charge is 0.0246 e. The lowest BCUT2D eigenvalue weighted by atomic mass is 9.83. The van der Waals surface area contributed by atoms with Crippen molar-refractivity contribution in [1.82, 2.24) is 4.90 Å². The third-order valence-electron chi connectivity index (χ3n) is 4.90. The molecule has 2 aliphatic carbocycles. The fraction of sp³-hybridized carbons (Fsp3) is 1.00. The molecule has 2 fully saturated rings. The molecule has 0 aromatic rings. The van der Waals surface area contributed by atoms with E-state index in [-0.39, 0.29) is 0 Å². The molecule has 2 rings (SSSR count). The normalized spacial score (nSPS) is 33.0. The van der Waals surface area contributed by atoms with Crippen molar-refractivity contribution in [3.63, 3.8) is 0 Å². The van der Waals surface area contributed by atoms with Gasteiger partial charge < -0.3 is 5.73 Å². The third kappa shape index (κ3) is 2.78. The lowest BCUT2D eigenvalue weighted by Gasteiger charge is -2.39. The third-order valence-corrected chi connectivity index (χ3v) is 4.90. The number of hydrogen-bond acceptors (Lipinski definition) is 2. The van der Waals surface area contributed by atoms with Crippen molar-refractivity contribution in [1.29, 1.82) is 0 Å². The molecule has 0 spiro atoms. The van der Waals surface area contributed by atoms with Crippen molar-refractivity contribution >= 4 is 0 Å². The minimum Gasteiger partial charge on any atom is -0.329 e. The lowest BCUT2D eigenvalue weighted by Crippen LogP contribution is -2.46. The number of rotatable bonds is 5. The minimum absolute atomic E-state index is 0.670. The molecule has 0 aliphatic heterocycles. The first-order chi connectivity index (χ1) is 7.76. The highest BCUT2D eigenvalue weighted by Gasteiger charge is 2.36. The van der Waals surface area contributed by atoms with Crippen molar-refractivity contribution in [3.05, 3.63) is 0 Å². The van der Waals surface area contributed by atoms with Crippen LogP contribution in [0.2, 0.25) is 0 Å². The molecule has 2 heteroatoms. The molecule has 0 aromatic heterocycles. The van der Waals surface area contributed by atoms with Gasteiger partial charge in [0.15, 0.2) is 0 Å². The average Bonchev–Trinajstić information content (AvgIpc) is 3.14. The second-order valence-electron chi connectivity index (χ2n) is 5.89. The van der Waals surface area contributed by atoms with Gasteiger partial charge >= 0.3 is 0 Å². The van der Waals surface area contributed by atoms with Gasteiger partial charge in [0.05, 0.1) is 0 Å². The summed E-state index contributed by atoms with van der Waals surface area (Å²) in [6.07, 6.45) is 9.88. The first-order valence-electron chi connectivity index (χ1n) is 7.18. The Labute approximate surface area is 101 Å². The van der Waals surface area contributed by atoms with Gasteiger partial charge in [-0.15, -0.1) is 0 Å². The van der Waals surface area contributed by atoms with E-state index in [1.807, 2.05) is 0 Å². The first-order valence-corrected chi connectivity index (χ1v) is 7.18. The Morgan fingerprint density at radius 2 is 1.75 bits per heavy atom. The largest absolute Gasteiger partial charge is 0.329 e. The number of nitrogens with two attached hydrogens (primary N) is 1. The van der Waals surface area contributed by atoms with Crippen LogP contribution in [0.3, 0.4) is 0 Å². The highest BCUT2D eigenvalue weighted by atomic mass is 15.2. The fourth-order valence-electron chi connectivity index (χ4n) is 3.40. The Hall–Kier alpha value is -0.0800. The topological polar surface area (TPSA) is 29.3 Å². The predicted octanol–water partition coefficient (Wildman–Crippen LogP) is 2.62. The van der Waals surface area contributed by atoms with Gasteiger partial charge in [-0.3, -0.25) is 4.90 Å². The van der Waals surface area contributed by atoms with Crippen LogP contribution in [0.15, 0.2) is 0 Å². The monoisotopic (exact) mass is 224 g/mol. The zero-order valence-corrected chi connectivity index (χ0v) is 11.0. The van der Waals surface area contributed by atoms with Crippen LogP contribution in [-0.2, 0) is 0 Å². The number of hydrogen-bond donors (Lipinski definition) is 1. The summed E-state index contributed by atoms with van der Waals surface area (Å²) in [6, 6.07) is 1.49. The molecule has 0 amide bonds. The van der Waals surface area contributed by atoms with Crippen molar-refractivity contribution in [3.8, 4) is 0 Å². The Balaban J connectivity index is 1.82. The maximum Gasteiger partial charge on any atom is 0.0246 e. The maximum atomic E-state index is 5.93. The molecule has 2 N–H and O–H groups in total. The molecule has 2 aliphatic rings. The Morgan fingerprint density at radius 1 is 1.12 bits per heavy atom.